The van der Waals surface area contributed by atoms with E-state index in [9.17, 15) is 9.59 Å². The van der Waals surface area contributed by atoms with Crippen molar-refractivity contribution in [2.45, 2.75) is 0 Å². The number of ketones is 1. The Morgan fingerprint density at radius 2 is 1.60 bits per heavy atom. The minimum atomic E-state index is -0.571. The highest BCUT2D eigenvalue weighted by atomic mass is 79.9. The second-order valence-electron chi connectivity index (χ2n) is 6.20. The summed E-state index contributed by atoms with van der Waals surface area (Å²) in [4.78, 5) is 25.4. The molecular weight excluding hydrogens is 448 g/mol. The average Bonchev–Trinajstić information content (AvgIpc) is 2.77. The van der Waals surface area contributed by atoms with Gasteiger partial charge in [-0.25, -0.2) is 4.79 Å². The van der Waals surface area contributed by atoms with E-state index >= 15 is 0 Å². The molecule has 0 saturated carbocycles. The number of esters is 1. The van der Waals surface area contributed by atoms with Crippen LogP contribution in [0.5, 0.6) is 17.2 Å². The summed E-state index contributed by atoms with van der Waals surface area (Å²) in [7, 11) is 3.07. The highest BCUT2D eigenvalue weighted by Gasteiger charge is 2.16. The summed E-state index contributed by atoms with van der Waals surface area (Å²) in [6.07, 6.45) is 3.07. The van der Waals surface area contributed by atoms with Gasteiger partial charge >= 0.3 is 5.97 Å². The summed E-state index contributed by atoms with van der Waals surface area (Å²) in [5.41, 5.74) is 1.37. The van der Waals surface area contributed by atoms with E-state index in [0.29, 0.717) is 17.1 Å². The molecule has 152 valence electrons. The summed E-state index contributed by atoms with van der Waals surface area (Å²) in [5.74, 6) is 0.356. The lowest BCUT2D eigenvalue weighted by atomic mass is 10.1. The van der Waals surface area contributed by atoms with Gasteiger partial charge in [-0.3, -0.25) is 4.79 Å². The van der Waals surface area contributed by atoms with Crippen molar-refractivity contribution in [3.05, 3.63) is 94.0 Å². The predicted octanol–water partition coefficient (Wildman–Crippen LogP) is 5.58. The lowest BCUT2D eigenvalue weighted by Crippen LogP contribution is -2.11. The van der Waals surface area contributed by atoms with Gasteiger partial charge in [0.25, 0.3) is 0 Å². The number of ether oxygens (including phenoxy) is 3. The van der Waals surface area contributed by atoms with Crippen molar-refractivity contribution in [1.82, 2.24) is 0 Å². The molecule has 0 unspecified atom stereocenters. The Labute approximate surface area is 183 Å². The standard InChI is InChI=1S/C24H19BrO5/c1-28-19-12-13-20(21(26)14-9-16-5-3-4-6-22(16)29-2)23(15-19)30-24(27)17-7-10-18(25)11-8-17/h3-15H,1-2H3/b14-9+. The summed E-state index contributed by atoms with van der Waals surface area (Å²) < 4.78 is 16.9. The maximum Gasteiger partial charge on any atom is 0.343 e. The first-order valence-corrected chi connectivity index (χ1v) is 9.82. The molecule has 0 aliphatic carbocycles. The number of methoxy groups -OCH3 is 2. The van der Waals surface area contributed by atoms with Crippen LogP contribution in [0.25, 0.3) is 6.08 Å². The van der Waals surface area contributed by atoms with Crippen molar-refractivity contribution in [2.24, 2.45) is 0 Å². The van der Waals surface area contributed by atoms with Gasteiger partial charge in [-0.05, 0) is 54.6 Å². The SMILES string of the molecule is COc1ccc(C(=O)/C=C/c2ccccc2OC)c(OC(=O)c2ccc(Br)cc2)c1. The third-order valence-electron chi connectivity index (χ3n) is 4.29. The fourth-order valence-electron chi connectivity index (χ4n) is 2.72. The molecule has 0 saturated heterocycles. The molecule has 0 radical (unpaired) electrons. The Balaban J connectivity index is 1.88. The molecule has 3 aromatic rings. The molecule has 0 atom stereocenters. The molecule has 3 aromatic carbocycles. The van der Waals surface area contributed by atoms with Gasteiger partial charge in [-0.1, -0.05) is 34.1 Å². The van der Waals surface area contributed by atoms with Crippen molar-refractivity contribution >= 4 is 33.8 Å². The molecule has 5 nitrogen and oxygen atoms in total. The predicted molar refractivity (Wildman–Crippen MR) is 118 cm³/mol. The van der Waals surface area contributed by atoms with E-state index in [1.807, 2.05) is 24.3 Å². The minimum Gasteiger partial charge on any atom is -0.497 e. The number of benzene rings is 3. The van der Waals surface area contributed by atoms with Gasteiger partial charge in [0.1, 0.15) is 17.2 Å². The summed E-state index contributed by atoms with van der Waals surface area (Å²) >= 11 is 3.33. The molecule has 3 rings (SSSR count). The fraction of sp³-hybridized carbons (Fsp3) is 0.0833. The van der Waals surface area contributed by atoms with Crippen molar-refractivity contribution in [2.75, 3.05) is 14.2 Å². The molecule has 0 N–H and O–H groups in total. The minimum absolute atomic E-state index is 0.122. The largest absolute Gasteiger partial charge is 0.497 e. The van der Waals surface area contributed by atoms with Crippen LogP contribution in [0.3, 0.4) is 0 Å². The number of hydrogen-bond donors (Lipinski definition) is 0. The van der Waals surface area contributed by atoms with Gasteiger partial charge in [0.05, 0.1) is 25.3 Å². The maximum absolute atomic E-state index is 12.8. The van der Waals surface area contributed by atoms with E-state index in [1.165, 1.54) is 19.3 Å². The first-order chi connectivity index (χ1) is 14.5. The normalized spacial score (nSPS) is 10.6. The molecule has 0 aliphatic rings. The van der Waals surface area contributed by atoms with Gasteiger partial charge in [-0.2, -0.15) is 0 Å². The van der Waals surface area contributed by atoms with Crippen LogP contribution < -0.4 is 14.2 Å². The first-order valence-electron chi connectivity index (χ1n) is 9.03. The number of carbonyl (C=O) groups is 2. The molecule has 0 fully saturated rings. The quantitative estimate of drug-likeness (QED) is 0.197. The lowest BCUT2D eigenvalue weighted by molar-refractivity contribution is 0.0733. The van der Waals surface area contributed by atoms with E-state index in [0.717, 1.165) is 10.0 Å². The number of carbonyl (C=O) groups excluding carboxylic acids is 2. The molecule has 0 spiro atoms. The van der Waals surface area contributed by atoms with Crippen molar-refractivity contribution in [3.8, 4) is 17.2 Å². The smallest absolute Gasteiger partial charge is 0.343 e. The Kier molecular flexibility index (Phi) is 7.03. The van der Waals surface area contributed by atoms with Gasteiger partial charge in [0.15, 0.2) is 5.78 Å². The van der Waals surface area contributed by atoms with Crippen LogP contribution >= 0.6 is 15.9 Å². The van der Waals surface area contributed by atoms with Crippen molar-refractivity contribution in [3.63, 3.8) is 0 Å². The summed E-state index contributed by atoms with van der Waals surface area (Å²) in [6, 6.07) is 18.8. The molecule has 0 heterocycles. The molecule has 0 amide bonds. The second kappa shape index (κ2) is 9.89. The number of para-hydroxylation sites is 1. The molecule has 0 aromatic heterocycles. The number of rotatable bonds is 7. The van der Waals surface area contributed by atoms with Crippen LogP contribution in [0, 0.1) is 0 Å². The van der Waals surface area contributed by atoms with Gasteiger partial charge < -0.3 is 14.2 Å². The number of allylic oxidation sites excluding steroid dienone is 1. The third kappa shape index (κ3) is 5.15. The summed E-state index contributed by atoms with van der Waals surface area (Å²) in [5, 5.41) is 0. The van der Waals surface area contributed by atoms with Crippen LogP contribution in [0.4, 0.5) is 0 Å². The number of hydrogen-bond acceptors (Lipinski definition) is 5. The molecule has 0 bridgehead atoms. The van der Waals surface area contributed by atoms with Crippen LogP contribution in [0.15, 0.2) is 77.3 Å². The highest BCUT2D eigenvalue weighted by Crippen LogP contribution is 2.27. The highest BCUT2D eigenvalue weighted by molar-refractivity contribution is 9.10. The Morgan fingerprint density at radius 3 is 2.30 bits per heavy atom. The topological polar surface area (TPSA) is 61.8 Å². The molecule has 6 heteroatoms. The monoisotopic (exact) mass is 466 g/mol. The maximum atomic E-state index is 12.8. The molecule has 30 heavy (non-hydrogen) atoms. The average molecular weight is 467 g/mol. The van der Waals surface area contributed by atoms with E-state index in [-0.39, 0.29) is 17.1 Å². The molecular formula is C24H19BrO5. The Morgan fingerprint density at radius 1 is 0.867 bits per heavy atom. The van der Waals surface area contributed by atoms with Crippen LogP contribution in [0.2, 0.25) is 0 Å². The van der Waals surface area contributed by atoms with E-state index < -0.39 is 5.97 Å². The van der Waals surface area contributed by atoms with Gasteiger partial charge in [0, 0.05) is 16.1 Å². The Bertz CT molecular complexity index is 1090. The molecule has 0 aliphatic heterocycles. The van der Waals surface area contributed by atoms with Crippen LogP contribution in [-0.4, -0.2) is 26.0 Å². The first kappa shape index (κ1) is 21.3. The lowest BCUT2D eigenvalue weighted by Gasteiger charge is -2.10. The van der Waals surface area contributed by atoms with Crippen LogP contribution in [-0.2, 0) is 0 Å². The number of halogens is 1. The van der Waals surface area contributed by atoms with E-state index in [2.05, 4.69) is 15.9 Å². The van der Waals surface area contributed by atoms with E-state index in [4.69, 9.17) is 14.2 Å². The van der Waals surface area contributed by atoms with Crippen molar-refractivity contribution in [1.29, 1.82) is 0 Å². The zero-order valence-corrected chi connectivity index (χ0v) is 18.0. The zero-order valence-electron chi connectivity index (χ0n) is 16.4. The van der Waals surface area contributed by atoms with Gasteiger partial charge in [-0.15, -0.1) is 0 Å². The van der Waals surface area contributed by atoms with Crippen molar-refractivity contribution < 1.29 is 23.8 Å². The van der Waals surface area contributed by atoms with E-state index in [1.54, 1.807) is 49.6 Å². The Hall–Kier alpha value is -3.38. The third-order valence-corrected chi connectivity index (χ3v) is 4.82. The van der Waals surface area contributed by atoms with Crippen LogP contribution in [0.1, 0.15) is 26.3 Å². The fourth-order valence-corrected chi connectivity index (χ4v) is 2.99. The zero-order chi connectivity index (χ0) is 21.5. The summed E-state index contributed by atoms with van der Waals surface area (Å²) in [6.45, 7) is 0. The van der Waals surface area contributed by atoms with Gasteiger partial charge in [0.2, 0.25) is 0 Å². The second-order valence-corrected chi connectivity index (χ2v) is 7.11.